The number of hydrogen-bond donors (Lipinski definition) is 2. The topological polar surface area (TPSA) is 103 Å². The number of pyridine rings is 1. The molecule has 29 heavy (non-hydrogen) atoms. The van der Waals surface area contributed by atoms with Gasteiger partial charge in [0.25, 0.3) is 0 Å². The molecule has 0 spiro atoms. The zero-order chi connectivity index (χ0) is 21.0. The Morgan fingerprint density at radius 3 is 2.66 bits per heavy atom. The lowest BCUT2D eigenvalue weighted by Crippen LogP contribution is -2.50. The second kappa shape index (κ2) is 6.95. The SMILES string of the molecule is C[C@@H](O)c1nc2cnc3ccsc3c2n1C1CCC(OC(N)=O)(C(C)(C)C)CC1. The number of nitrogens with two attached hydrogens (primary N) is 1. The summed E-state index contributed by atoms with van der Waals surface area (Å²) in [4.78, 5) is 20.8. The molecule has 3 aromatic rings. The molecule has 0 radical (unpaired) electrons. The monoisotopic (exact) mass is 416 g/mol. The van der Waals surface area contributed by atoms with Crippen LogP contribution in [-0.2, 0) is 4.74 Å². The lowest BCUT2D eigenvalue weighted by atomic mass is 9.67. The predicted octanol–water partition coefficient (Wildman–Crippen LogP) is 4.69. The van der Waals surface area contributed by atoms with Crippen molar-refractivity contribution in [2.45, 2.75) is 71.1 Å². The first kappa shape index (κ1) is 20.1. The molecule has 4 rings (SSSR count). The van der Waals surface area contributed by atoms with Crippen LogP contribution >= 0.6 is 11.3 Å². The fourth-order valence-electron chi connectivity index (χ4n) is 4.69. The molecule has 3 aromatic heterocycles. The molecule has 1 atom stereocenters. The van der Waals surface area contributed by atoms with Gasteiger partial charge in [0.05, 0.1) is 21.9 Å². The average molecular weight is 417 g/mol. The summed E-state index contributed by atoms with van der Waals surface area (Å²) in [6.07, 6.45) is 3.42. The Morgan fingerprint density at radius 1 is 1.38 bits per heavy atom. The van der Waals surface area contributed by atoms with Gasteiger partial charge in [0.2, 0.25) is 0 Å². The van der Waals surface area contributed by atoms with Crippen molar-refractivity contribution in [2.24, 2.45) is 11.1 Å². The number of fused-ring (bicyclic) bond motifs is 3. The first-order chi connectivity index (χ1) is 13.6. The van der Waals surface area contributed by atoms with Crippen molar-refractivity contribution >= 4 is 38.7 Å². The standard InChI is InChI=1S/C21H28N4O3S/c1-12(26)18-24-15-11-23-14-7-10-29-17(14)16(15)25(18)13-5-8-21(9-6-13,20(2,3)4)28-19(22)27/h7,10-13,26H,5-6,8-9H2,1-4H3,(H2,22,27)/t12-,13?,21?/m1/s1. The molecule has 8 heteroatoms. The van der Waals surface area contributed by atoms with Gasteiger partial charge in [-0.3, -0.25) is 4.98 Å². The van der Waals surface area contributed by atoms with Crippen LogP contribution in [-0.4, -0.2) is 31.3 Å². The highest BCUT2D eigenvalue weighted by Crippen LogP contribution is 2.49. The first-order valence-corrected chi connectivity index (χ1v) is 10.9. The third-order valence-electron chi connectivity index (χ3n) is 6.32. The Bertz CT molecular complexity index is 1060. The van der Waals surface area contributed by atoms with Gasteiger partial charge in [-0.2, -0.15) is 0 Å². The number of amides is 1. The van der Waals surface area contributed by atoms with Gasteiger partial charge >= 0.3 is 6.09 Å². The minimum absolute atomic E-state index is 0.157. The van der Waals surface area contributed by atoms with Gasteiger partial charge in [0.15, 0.2) is 0 Å². The van der Waals surface area contributed by atoms with E-state index in [1.807, 2.05) is 11.4 Å². The van der Waals surface area contributed by atoms with E-state index in [0.29, 0.717) is 18.7 Å². The van der Waals surface area contributed by atoms with E-state index < -0.39 is 17.8 Å². The quantitative estimate of drug-likeness (QED) is 0.644. The van der Waals surface area contributed by atoms with E-state index in [1.54, 1.807) is 24.5 Å². The fourth-order valence-corrected chi connectivity index (χ4v) is 5.57. The summed E-state index contributed by atoms with van der Waals surface area (Å²) in [6, 6.07) is 2.16. The van der Waals surface area contributed by atoms with E-state index in [0.717, 1.165) is 34.1 Å². The molecule has 1 fully saturated rings. The lowest BCUT2D eigenvalue weighted by Gasteiger charge is -2.48. The number of rotatable bonds is 3. The molecular weight excluding hydrogens is 388 g/mol. The summed E-state index contributed by atoms with van der Waals surface area (Å²) in [5.41, 5.74) is 7.38. The third kappa shape index (κ3) is 3.28. The molecule has 0 aliphatic heterocycles. The van der Waals surface area contributed by atoms with Crippen molar-refractivity contribution in [1.82, 2.24) is 14.5 Å². The molecule has 7 nitrogen and oxygen atoms in total. The summed E-state index contributed by atoms with van der Waals surface area (Å²) in [7, 11) is 0. The zero-order valence-corrected chi connectivity index (χ0v) is 18.1. The number of aliphatic hydroxyl groups is 1. The summed E-state index contributed by atoms with van der Waals surface area (Å²) < 4.78 is 8.97. The van der Waals surface area contributed by atoms with Crippen molar-refractivity contribution in [2.75, 3.05) is 0 Å². The van der Waals surface area contributed by atoms with Gasteiger partial charge in [-0.15, -0.1) is 11.3 Å². The number of aromatic nitrogens is 3. The zero-order valence-electron chi connectivity index (χ0n) is 17.3. The number of nitrogens with zero attached hydrogens (tertiary/aromatic N) is 3. The highest BCUT2D eigenvalue weighted by atomic mass is 32.1. The van der Waals surface area contributed by atoms with Crippen LogP contribution in [0.25, 0.3) is 21.3 Å². The third-order valence-corrected chi connectivity index (χ3v) is 7.23. The molecule has 1 saturated carbocycles. The van der Waals surface area contributed by atoms with Crippen LogP contribution < -0.4 is 5.73 Å². The molecule has 1 amide bonds. The maximum atomic E-state index is 11.6. The second-order valence-corrected chi connectivity index (χ2v) is 9.96. The smallest absolute Gasteiger partial charge is 0.405 e. The predicted molar refractivity (Wildman–Crippen MR) is 114 cm³/mol. The van der Waals surface area contributed by atoms with Crippen LogP contribution in [0.5, 0.6) is 0 Å². The number of thiophene rings is 1. The summed E-state index contributed by atoms with van der Waals surface area (Å²) in [6.45, 7) is 8.01. The fraction of sp³-hybridized carbons (Fsp3) is 0.571. The minimum atomic E-state index is -0.720. The van der Waals surface area contributed by atoms with Gasteiger partial charge in [-0.25, -0.2) is 9.78 Å². The van der Waals surface area contributed by atoms with Crippen LogP contribution in [0.3, 0.4) is 0 Å². The van der Waals surface area contributed by atoms with E-state index in [1.165, 1.54) is 0 Å². The Hall–Kier alpha value is -2.19. The van der Waals surface area contributed by atoms with E-state index in [9.17, 15) is 9.90 Å². The highest BCUT2D eigenvalue weighted by molar-refractivity contribution is 7.18. The normalized spacial score (nSPS) is 24.1. The molecule has 1 aliphatic carbocycles. The Kier molecular flexibility index (Phi) is 4.82. The number of imidazole rings is 1. The van der Waals surface area contributed by atoms with E-state index in [2.05, 4.69) is 30.3 Å². The molecule has 0 aromatic carbocycles. The van der Waals surface area contributed by atoms with Gasteiger partial charge in [-0.1, -0.05) is 20.8 Å². The van der Waals surface area contributed by atoms with Crippen molar-refractivity contribution in [3.63, 3.8) is 0 Å². The molecular formula is C21H28N4O3S. The molecule has 0 unspecified atom stereocenters. The van der Waals surface area contributed by atoms with Crippen LogP contribution in [0.2, 0.25) is 0 Å². The molecule has 0 bridgehead atoms. The Balaban J connectivity index is 1.77. The number of carbonyl (C=O) groups excluding carboxylic acids is 1. The second-order valence-electron chi connectivity index (χ2n) is 9.04. The number of hydrogen-bond acceptors (Lipinski definition) is 6. The van der Waals surface area contributed by atoms with Gasteiger partial charge in [0.1, 0.15) is 23.0 Å². The molecule has 3 N–H and O–H groups in total. The average Bonchev–Trinajstić information content (AvgIpc) is 3.24. The molecule has 3 heterocycles. The first-order valence-electron chi connectivity index (χ1n) is 10.0. The maximum Gasteiger partial charge on any atom is 0.405 e. The van der Waals surface area contributed by atoms with Crippen molar-refractivity contribution in [1.29, 1.82) is 0 Å². The number of aliphatic hydroxyl groups excluding tert-OH is 1. The summed E-state index contributed by atoms with van der Waals surface area (Å²) in [5, 5.41) is 12.5. The minimum Gasteiger partial charge on any atom is -0.443 e. The molecule has 1 aliphatic rings. The van der Waals surface area contributed by atoms with Crippen LogP contribution in [0.15, 0.2) is 17.6 Å². The Labute approximate surface area is 173 Å². The van der Waals surface area contributed by atoms with Crippen molar-refractivity contribution in [3.8, 4) is 0 Å². The van der Waals surface area contributed by atoms with Crippen LogP contribution in [0.1, 0.15) is 71.3 Å². The number of ether oxygens (including phenoxy) is 1. The van der Waals surface area contributed by atoms with E-state index in [4.69, 9.17) is 15.5 Å². The van der Waals surface area contributed by atoms with Gasteiger partial charge in [-0.05, 0) is 44.1 Å². The molecule has 156 valence electrons. The van der Waals surface area contributed by atoms with Gasteiger partial charge < -0.3 is 20.1 Å². The van der Waals surface area contributed by atoms with Crippen molar-refractivity contribution in [3.05, 3.63) is 23.5 Å². The van der Waals surface area contributed by atoms with Crippen LogP contribution in [0, 0.1) is 5.41 Å². The molecule has 0 saturated heterocycles. The Morgan fingerprint density at radius 2 is 2.07 bits per heavy atom. The van der Waals surface area contributed by atoms with Crippen molar-refractivity contribution < 1.29 is 14.6 Å². The van der Waals surface area contributed by atoms with Crippen LogP contribution in [0.4, 0.5) is 4.79 Å². The lowest BCUT2D eigenvalue weighted by molar-refractivity contribution is -0.0955. The number of primary amides is 1. The van der Waals surface area contributed by atoms with E-state index in [-0.39, 0.29) is 11.5 Å². The maximum absolute atomic E-state index is 11.6. The van der Waals surface area contributed by atoms with E-state index >= 15 is 0 Å². The van der Waals surface area contributed by atoms with Gasteiger partial charge in [0, 0.05) is 11.5 Å². The number of carbonyl (C=O) groups is 1. The largest absolute Gasteiger partial charge is 0.443 e. The highest BCUT2D eigenvalue weighted by Gasteiger charge is 2.48. The summed E-state index contributed by atoms with van der Waals surface area (Å²) in [5.74, 6) is 0.659. The summed E-state index contributed by atoms with van der Waals surface area (Å²) >= 11 is 1.64.